The molecule has 0 aliphatic rings. The number of benzene rings is 2. The Morgan fingerprint density at radius 1 is 1.09 bits per heavy atom. The summed E-state index contributed by atoms with van der Waals surface area (Å²) < 4.78 is 27.0. The van der Waals surface area contributed by atoms with Gasteiger partial charge < -0.3 is 10.2 Å². The van der Waals surface area contributed by atoms with E-state index < -0.39 is 28.5 Å². The SMILES string of the molecule is CCC(C(=O)NC(C)C)N(Cc1cccc(C)c1)C(=O)CN(c1ccc(Br)cc1)S(C)(=O)=O. The number of nitrogens with one attached hydrogen (secondary N) is 1. The third-order valence-electron chi connectivity index (χ3n) is 5.05. The van der Waals surface area contributed by atoms with Crippen LogP contribution in [0.1, 0.15) is 38.3 Å². The van der Waals surface area contributed by atoms with Crippen LogP contribution in [0.3, 0.4) is 0 Å². The van der Waals surface area contributed by atoms with Gasteiger partial charge >= 0.3 is 0 Å². The van der Waals surface area contributed by atoms with Gasteiger partial charge in [0.1, 0.15) is 12.6 Å². The maximum atomic E-state index is 13.6. The maximum Gasteiger partial charge on any atom is 0.244 e. The number of carbonyl (C=O) groups is 2. The average molecular weight is 539 g/mol. The molecule has 1 atom stereocenters. The summed E-state index contributed by atoms with van der Waals surface area (Å²) >= 11 is 3.34. The molecule has 1 unspecified atom stereocenters. The Hall–Kier alpha value is -2.39. The van der Waals surface area contributed by atoms with Crippen molar-refractivity contribution in [3.8, 4) is 0 Å². The van der Waals surface area contributed by atoms with Gasteiger partial charge in [0.05, 0.1) is 11.9 Å². The number of rotatable bonds is 10. The number of halogens is 1. The van der Waals surface area contributed by atoms with Crippen LogP contribution in [0.4, 0.5) is 5.69 Å². The van der Waals surface area contributed by atoms with Gasteiger partial charge in [-0.2, -0.15) is 0 Å². The third kappa shape index (κ3) is 7.85. The normalized spacial score (nSPS) is 12.3. The van der Waals surface area contributed by atoms with Crippen molar-refractivity contribution in [1.29, 1.82) is 0 Å². The number of hydrogen-bond donors (Lipinski definition) is 1. The van der Waals surface area contributed by atoms with Crippen molar-refractivity contribution in [2.45, 2.75) is 52.7 Å². The fourth-order valence-corrected chi connectivity index (χ4v) is 4.64. The summed E-state index contributed by atoms with van der Waals surface area (Å²) in [6, 6.07) is 13.6. The molecule has 2 aromatic carbocycles. The van der Waals surface area contributed by atoms with E-state index in [0.717, 1.165) is 26.2 Å². The minimum absolute atomic E-state index is 0.0854. The molecule has 9 heteroatoms. The van der Waals surface area contributed by atoms with Gasteiger partial charge in [0.15, 0.2) is 0 Å². The number of amides is 2. The maximum absolute atomic E-state index is 13.6. The highest BCUT2D eigenvalue weighted by atomic mass is 79.9. The number of sulfonamides is 1. The minimum Gasteiger partial charge on any atom is -0.352 e. The number of aryl methyl sites for hydroxylation is 1. The topological polar surface area (TPSA) is 86.8 Å². The first-order valence-corrected chi connectivity index (χ1v) is 13.4. The summed E-state index contributed by atoms with van der Waals surface area (Å²) in [5.74, 6) is -0.710. The molecule has 180 valence electrons. The van der Waals surface area contributed by atoms with Crippen LogP contribution in [0.2, 0.25) is 0 Å². The predicted molar refractivity (Wildman–Crippen MR) is 135 cm³/mol. The second-order valence-corrected chi connectivity index (χ2v) is 11.2. The van der Waals surface area contributed by atoms with Crippen LogP contribution in [-0.2, 0) is 26.2 Å². The second kappa shape index (κ2) is 11.7. The summed E-state index contributed by atoms with van der Waals surface area (Å²) in [4.78, 5) is 28.0. The van der Waals surface area contributed by atoms with Crippen molar-refractivity contribution in [2.75, 3.05) is 17.1 Å². The highest BCUT2D eigenvalue weighted by Crippen LogP contribution is 2.22. The van der Waals surface area contributed by atoms with E-state index in [1.165, 1.54) is 4.90 Å². The lowest BCUT2D eigenvalue weighted by Crippen LogP contribution is -2.53. The Kier molecular flexibility index (Phi) is 9.48. The Labute approximate surface area is 205 Å². The molecule has 0 spiro atoms. The van der Waals surface area contributed by atoms with Crippen LogP contribution in [0.15, 0.2) is 53.0 Å². The third-order valence-corrected chi connectivity index (χ3v) is 6.72. The van der Waals surface area contributed by atoms with Gasteiger partial charge in [-0.15, -0.1) is 0 Å². The molecule has 0 aliphatic carbocycles. The number of anilines is 1. The van der Waals surface area contributed by atoms with Crippen LogP contribution in [0, 0.1) is 6.92 Å². The van der Waals surface area contributed by atoms with Crippen molar-refractivity contribution in [1.82, 2.24) is 10.2 Å². The summed E-state index contributed by atoms with van der Waals surface area (Å²) in [7, 11) is -3.74. The molecular formula is C24H32BrN3O4S. The second-order valence-electron chi connectivity index (χ2n) is 8.34. The highest BCUT2D eigenvalue weighted by Gasteiger charge is 2.31. The highest BCUT2D eigenvalue weighted by molar-refractivity contribution is 9.10. The number of carbonyl (C=O) groups excluding carboxylic acids is 2. The summed E-state index contributed by atoms with van der Waals surface area (Å²) in [5.41, 5.74) is 2.28. The Morgan fingerprint density at radius 3 is 2.24 bits per heavy atom. The minimum atomic E-state index is -3.74. The lowest BCUT2D eigenvalue weighted by atomic mass is 10.1. The molecule has 0 fully saturated rings. The van der Waals surface area contributed by atoms with Gasteiger partial charge in [0, 0.05) is 17.1 Å². The van der Waals surface area contributed by atoms with Crippen molar-refractivity contribution < 1.29 is 18.0 Å². The monoisotopic (exact) mass is 537 g/mol. The molecule has 0 aromatic heterocycles. The average Bonchev–Trinajstić information content (AvgIpc) is 2.71. The van der Waals surface area contributed by atoms with Gasteiger partial charge in [-0.25, -0.2) is 8.42 Å². The number of hydrogen-bond acceptors (Lipinski definition) is 4. The quantitative estimate of drug-likeness (QED) is 0.498. The molecule has 1 N–H and O–H groups in total. The summed E-state index contributed by atoms with van der Waals surface area (Å²) in [5, 5.41) is 2.88. The number of nitrogens with zero attached hydrogens (tertiary/aromatic N) is 2. The van der Waals surface area contributed by atoms with Crippen molar-refractivity contribution >= 4 is 43.5 Å². The van der Waals surface area contributed by atoms with Crippen molar-refractivity contribution in [3.05, 3.63) is 64.1 Å². The van der Waals surface area contributed by atoms with E-state index in [2.05, 4.69) is 21.2 Å². The van der Waals surface area contributed by atoms with E-state index in [1.807, 2.05) is 52.0 Å². The first kappa shape index (κ1) is 26.9. The molecule has 0 bridgehead atoms. The largest absolute Gasteiger partial charge is 0.352 e. The molecule has 0 radical (unpaired) electrons. The van der Waals surface area contributed by atoms with E-state index in [-0.39, 0.29) is 18.5 Å². The lowest BCUT2D eigenvalue weighted by Gasteiger charge is -2.33. The van der Waals surface area contributed by atoms with Gasteiger partial charge in [-0.1, -0.05) is 52.7 Å². The molecular weight excluding hydrogens is 506 g/mol. The summed E-state index contributed by atoms with van der Waals surface area (Å²) in [6.45, 7) is 7.30. The van der Waals surface area contributed by atoms with E-state index in [4.69, 9.17) is 0 Å². The molecule has 0 heterocycles. The molecule has 0 saturated carbocycles. The fraction of sp³-hybridized carbons (Fsp3) is 0.417. The standard InChI is InChI=1S/C24H32BrN3O4S/c1-6-22(24(30)26-17(2)3)27(15-19-9-7-8-18(4)14-19)23(29)16-28(33(5,31)32)21-12-10-20(25)11-13-21/h7-14,17,22H,6,15-16H2,1-5H3,(H,26,30). The molecule has 7 nitrogen and oxygen atoms in total. The van der Waals surface area contributed by atoms with Gasteiger partial charge in [0.25, 0.3) is 0 Å². The van der Waals surface area contributed by atoms with Crippen molar-refractivity contribution in [2.24, 2.45) is 0 Å². The Bertz CT molecular complexity index is 1070. The Morgan fingerprint density at radius 2 is 1.73 bits per heavy atom. The van der Waals surface area contributed by atoms with Crippen LogP contribution in [0.5, 0.6) is 0 Å². The van der Waals surface area contributed by atoms with E-state index in [1.54, 1.807) is 24.3 Å². The van der Waals surface area contributed by atoms with Gasteiger partial charge in [-0.05, 0) is 57.0 Å². The first-order chi connectivity index (χ1) is 15.4. The van der Waals surface area contributed by atoms with Crippen molar-refractivity contribution in [3.63, 3.8) is 0 Å². The molecule has 2 rings (SSSR count). The first-order valence-electron chi connectivity index (χ1n) is 10.8. The van der Waals surface area contributed by atoms with Crippen LogP contribution in [0.25, 0.3) is 0 Å². The smallest absolute Gasteiger partial charge is 0.244 e. The zero-order valence-electron chi connectivity index (χ0n) is 19.7. The van der Waals surface area contributed by atoms with E-state index >= 15 is 0 Å². The molecule has 2 aromatic rings. The van der Waals surface area contributed by atoms with Crippen LogP contribution >= 0.6 is 15.9 Å². The van der Waals surface area contributed by atoms with Gasteiger partial charge in [0.2, 0.25) is 21.8 Å². The molecule has 2 amide bonds. The molecule has 0 aliphatic heterocycles. The fourth-order valence-electron chi connectivity index (χ4n) is 3.53. The van der Waals surface area contributed by atoms with E-state index in [9.17, 15) is 18.0 Å². The lowest BCUT2D eigenvalue weighted by molar-refractivity contribution is -0.140. The summed E-state index contributed by atoms with van der Waals surface area (Å²) in [6.07, 6.45) is 1.46. The van der Waals surface area contributed by atoms with E-state index in [0.29, 0.717) is 12.1 Å². The van der Waals surface area contributed by atoms with Crippen LogP contribution < -0.4 is 9.62 Å². The zero-order valence-corrected chi connectivity index (χ0v) is 22.1. The van der Waals surface area contributed by atoms with Crippen LogP contribution in [-0.4, -0.2) is 50.0 Å². The van der Waals surface area contributed by atoms with Gasteiger partial charge in [-0.3, -0.25) is 13.9 Å². The Balaban J connectivity index is 2.43. The predicted octanol–water partition coefficient (Wildman–Crippen LogP) is 3.86. The molecule has 33 heavy (non-hydrogen) atoms. The molecule has 0 saturated heterocycles. The zero-order chi connectivity index (χ0) is 24.8.